The van der Waals surface area contributed by atoms with Crippen molar-refractivity contribution in [3.8, 4) is 0 Å². The first-order chi connectivity index (χ1) is 5.81. The minimum absolute atomic E-state index is 0.226. The second-order valence-electron chi connectivity index (χ2n) is 3.93. The molecule has 0 aromatic rings. The molecule has 2 atom stereocenters. The molecule has 12 heavy (non-hydrogen) atoms. The van der Waals surface area contributed by atoms with Gasteiger partial charge in [-0.25, -0.2) is 0 Å². The molecular formula is C9H16N2O. The van der Waals surface area contributed by atoms with Gasteiger partial charge in [-0.15, -0.1) is 0 Å². The summed E-state index contributed by atoms with van der Waals surface area (Å²) in [4.78, 5) is 15.4. The number of fused-ring (bicyclic) bond motifs is 1. The molecule has 68 valence electrons. The zero-order chi connectivity index (χ0) is 8.55. The van der Waals surface area contributed by atoms with E-state index in [0.717, 1.165) is 32.3 Å². The molecule has 0 spiro atoms. The van der Waals surface area contributed by atoms with Crippen LogP contribution < -0.4 is 0 Å². The molecule has 2 aliphatic heterocycles. The molecule has 0 aromatic carbocycles. The minimum atomic E-state index is 0.226. The third-order valence-electron chi connectivity index (χ3n) is 3.11. The molecule has 2 fully saturated rings. The monoisotopic (exact) mass is 168 g/mol. The smallest absolute Gasteiger partial charge is 0.137 e. The zero-order valence-electron chi connectivity index (χ0n) is 7.57. The fraction of sp³-hybridized carbons (Fsp3) is 0.889. The van der Waals surface area contributed by atoms with E-state index in [2.05, 4.69) is 16.8 Å². The lowest BCUT2D eigenvalue weighted by molar-refractivity contribution is -0.112. The van der Waals surface area contributed by atoms with E-state index in [-0.39, 0.29) is 6.04 Å². The van der Waals surface area contributed by atoms with Gasteiger partial charge < -0.3 is 9.69 Å². The second kappa shape index (κ2) is 3.15. The summed E-state index contributed by atoms with van der Waals surface area (Å²) in [6.07, 6.45) is 3.39. The van der Waals surface area contributed by atoms with E-state index in [1.165, 1.54) is 6.42 Å². The molecule has 3 heteroatoms. The molecular weight excluding hydrogens is 152 g/mol. The van der Waals surface area contributed by atoms with Crippen LogP contribution in [0.1, 0.15) is 12.8 Å². The number of carbonyl (C=O) groups is 1. The van der Waals surface area contributed by atoms with Gasteiger partial charge in [0.15, 0.2) is 0 Å². The van der Waals surface area contributed by atoms with Crippen LogP contribution in [0.25, 0.3) is 0 Å². The Labute approximate surface area is 73.3 Å². The zero-order valence-corrected chi connectivity index (χ0v) is 7.57. The molecule has 2 rings (SSSR count). The molecule has 3 nitrogen and oxygen atoms in total. The van der Waals surface area contributed by atoms with Gasteiger partial charge in [0.2, 0.25) is 0 Å². The second-order valence-corrected chi connectivity index (χ2v) is 3.93. The molecule has 0 radical (unpaired) electrons. The van der Waals surface area contributed by atoms with E-state index in [1.54, 1.807) is 0 Å². The predicted octanol–water partition coefficient (Wildman–Crippen LogP) is -0.0363. The highest BCUT2D eigenvalue weighted by atomic mass is 16.1. The average Bonchev–Trinajstić information content (AvgIpc) is 2.46. The van der Waals surface area contributed by atoms with Crippen molar-refractivity contribution in [3.05, 3.63) is 0 Å². The molecule has 2 heterocycles. The highest BCUT2D eigenvalue weighted by Gasteiger charge is 2.35. The summed E-state index contributed by atoms with van der Waals surface area (Å²) in [7, 11) is 2.16. The molecule has 2 aliphatic rings. The van der Waals surface area contributed by atoms with Crippen LogP contribution in [0, 0.1) is 0 Å². The summed E-state index contributed by atoms with van der Waals surface area (Å²) in [5.41, 5.74) is 0. The summed E-state index contributed by atoms with van der Waals surface area (Å²) >= 11 is 0. The highest BCUT2D eigenvalue weighted by Crippen LogP contribution is 2.25. The van der Waals surface area contributed by atoms with Crippen molar-refractivity contribution in [3.63, 3.8) is 0 Å². The Morgan fingerprint density at radius 1 is 1.33 bits per heavy atom. The number of aldehydes is 1. The lowest BCUT2D eigenvalue weighted by Gasteiger charge is -2.36. The van der Waals surface area contributed by atoms with Crippen LogP contribution in [-0.2, 0) is 4.79 Å². The summed E-state index contributed by atoms with van der Waals surface area (Å²) in [5.74, 6) is 0. The number of rotatable bonds is 1. The predicted molar refractivity (Wildman–Crippen MR) is 47.1 cm³/mol. The van der Waals surface area contributed by atoms with Crippen LogP contribution in [-0.4, -0.2) is 54.9 Å². The normalized spacial score (nSPS) is 38.1. The Balaban J connectivity index is 2.02. The van der Waals surface area contributed by atoms with Crippen LogP contribution in [0.15, 0.2) is 0 Å². The van der Waals surface area contributed by atoms with Crippen LogP contribution in [0.2, 0.25) is 0 Å². The highest BCUT2D eigenvalue weighted by molar-refractivity contribution is 5.58. The quantitative estimate of drug-likeness (QED) is 0.513. The van der Waals surface area contributed by atoms with E-state index in [9.17, 15) is 4.79 Å². The summed E-state index contributed by atoms with van der Waals surface area (Å²) < 4.78 is 0. The first kappa shape index (κ1) is 8.20. The van der Waals surface area contributed by atoms with Crippen LogP contribution in [0.3, 0.4) is 0 Å². The first-order valence-electron chi connectivity index (χ1n) is 4.71. The molecule has 0 saturated carbocycles. The standard InChI is InChI=1S/C9H16N2O/c1-10-4-5-11-8(6-10)2-3-9(11)7-12/h7-9H,2-6H2,1H3/t8-,9+/m0/s1. The van der Waals surface area contributed by atoms with E-state index in [1.807, 2.05) is 0 Å². The van der Waals surface area contributed by atoms with Crippen molar-refractivity contribution in [1.29, 1.82) is 0 Å². The number of piperazine rings is 1. The third kappa shape index (κ3) is 1.27. The van der Waals surface area contributed by atoms with Crippen LogP contribution in [0.4, 0.5) is 0 Å². The van der Waals surface area contributed by atoms with Gasteiger partial charge >= 0.3 is 0 Å². The fourth-order valence-electron chi connectivity index (χ4n) is 2.39. The number of hydrogen-bond donors (Lipinski definition) is 0. The van der Waals surface area contributed by atoms with Crippen molar-refractivity contribution < 1.29 is 4.79 Å². The van der Waals surface area contributed by atoms with Crippen molar-refractivity contribution in [2.24, 2.45) is 0 Å². The van der Waals surface area contributed by atoms with Gasteiger partial charge in [0.1, 0.15) is 6.29 Å². The van der Waals surface area contributed by atoms with Crippen molar-refractivity contribution >= 4 is 6.29 Å². The molecule has 0 aromatic heterocycles. The van der Waals surface area contributed by atoms with Gasteiger partial charge in [0.05, 0.1) is 6.04 Å². The van der Waals surface area contributed by atoms with E-state index in [4.69, 9.17) is 0 Å². The van der Waals surface area contributed by atoms with Gasteiger partial charge in [-0.3, -0.25) is 4.90 Å². The summed E-state index contributed by atoms with van der Waals surface area (Å²) in [6, 6.07) is 0.877. The van der Waals surface area contributed by atoms with Crippen LogP contribution >= 0.6 is 0 Å². The Bertz CT molecular complexity index is 183. The largest absolute Gasteiger partial charge is 0.304 e. The summed E-state index contributed by atoms with van der Waals surface area (Å²) in [6.45, 7) is 3.33. The number of hydrogen-bond acceptors (Lipinski definition) is 3. The van der Waals surface area contributed by atoms with Crippen molar-refractivity contribution in [1.82, 2.24) is 9.80 Å². The Morgan fingerprint density at radius 2 is 2.17 bits per heavy atom. The van der Waals surface area contributed by atoms with E-state index >= 15 is 0 Å². The Hall–Kier alpha value is -0.410. The molecule has 0 unspecified atom stereocenters. The molecule has 0 amide bonds. The third-order valence-corrected chi connectivity index (χ3v) is 3.11. The maximum Gasteiger partial charge on any atom is 0.137 e. The fourth-order valence-corrected chi connectivity index (χ4v) is 2.39. The number of carbonyl (C=O) groups excluding carboxylic acids is 1. The van der Waals surface area contributed by atoms with Gasteiger partial charge in [0.25, 0.3) is 0 Å². The number of likely N-dealkylation sites (N-methyl/N-ethyl adjacent to an activating group) is 1. The SMILES string of the molecule is CN1CCN2[C@@H](CC[C@@H]2C=O)C1. The lowest BCUT2D eigenvalue weighted by atomic mass is 10.2. The molecule has 0 aliphatic carbocycles. The Morgan fingerprint density at radius 3 is 2.92 bits per heavy atom. The molecule has 0 bridgehead atoms. The van der Waals surface area contributed by atoms with E-state index in [0.29, 0.717) is 6.04 Å². The van der Waals surface area contributed by atoms with Gasteiger partial charge in [-0.1, -0.05) is 0 Å². The molecule has 2 saturated heterocycles. The Kier molecular flexibility index (Phi) is 2.15. The lowest BCUT2D eigenvalue weighted by Crippen LogP contribution is -2.51. The first-order valence-corrected chi connectivity index (χ1v) is 4.71. The maximum absolute atomic E-state index is 10.7. The topological polar surface area (TPSA) is 23.6 Å². The van der Waals surface area contributed by atoms with Crippen molar-refractivity contribution in [2.45, 2.75) is 24.9 Å². The van der Waals surface area contributed by atoms with Crippen molar-refractivity contribution in [2.75, 3.05) is 26.7 Å². The average molecular weight is 168 g/mol. The van der Waals surface area contributed by atoms with Crippen LogP contribution in [0.5, 0.6) is 0 Å². The minimum Gasteiger partial charge on any atom is -0.304 e. The van der Waals surface area contributed by atoms with Gasteiger partial charge in [-0.2, -0.15) is 0 Å². The van der Waals surface area contributed by atoms with Gasteiger partial charge in [-0.05, 0) is 19.9 Å². The maximum atomic E-state index is 10.7. The summed E-state index contributed by atoms with van der Waals surface area (Å²) in [5, 5.41) is 0. The number of nitrogens with zero attached hydrogens (tertiary/aromatic N) is 2. The van der Waals surface area contributed by atoms with E-state index < -0.39 is 0 Å². The van der Waals surface area contributed by atoms with Gasteiger partial charge in [0, 0.05) is 25.7 Å². The molecule has 0 N–H and O–H groups in total.